The summed E-state index contributed by atoms with van der Waals surface area (Å²) in [5.74, 6) is 0. The van der Waals surface area contributed by atoms with Gasteiger partial charge in [0.25, 0.3) is 0 Å². The lowest BCUT2D eigenvalue weighted by atomic mass is 10.2. The number of amides is 1. The third-order valence-corrected chi connectivity index (χ3v) is 2.89. The van der Waals surface area contributed by atoms with Crippen LogP contribution in [0.3, 0.4) is 0 Å². The van der Waals surface area contributed by atoms with Crippen LogP contribution >= 0.6 is 0 Å². The maximum atomic E-state index is 11.5. The molecular weight excluding hydrogens is 216 g/mol. The van der Waals surface area contributed by atoms with Crippen LogP contribution in [0.4, 0.5) is 4.79 Å². The second-order valence-corrected chi connectivity index (χ2v) is 5.71. The molecule has 0 radical (unpaired) electrons. The quantitative estimate of drug-likeness (QED) is 0.823. The number of hydrogen-bond acceptors (Lipinski definition) is 3. The monoisotopic (exact) mass is 242 g/mol. The third-order valence-electron chi connectivity index (χ3n) is 2.89. The Morgan fingerprint density at radius 1 is 1.47 bits per heavy atom. The van der Waals surface area contributed by atoms with E-state index in [1.54, 1.807) is 0 Å². The van der Waals surface area contributed by atoms with Crippen molar-refractivity contribution in [1.29, 1.82) is 0 Å². The number of rotatable bonds is 4. The van der Waals surface area contributed by atoms with Gasteiger partial charge in [0.05, 0.1) is 0 Å². The number of hydrogen-bond donors (Lipinski definition) is 1. The molecule has 1 unspecified atom stereocenters. The van der Waals surface area contributed by atoms with Gasteiger partial charge in [-0.05, 0) is 53.1 Å². The first kappa shape index (κ1) is 14.3. The minimum Gasteiger partial charge on any atom is -0.444 e. The van der Waals surface area contributed by atoms with E-state index in [0.717, 1.165) is 13.1 Å². The Morgan fingerprint density at radius 2 is 2.18 bits per heavy atom. The molecule has 0 spiro atoms. The molecule has 1 rings (SSSR count). The molecule has 0 bridgehead atoms. The van der Waals surface area contributed by atoms with Crippen LogP contribution in [0, 0.1) is 0 Å². The predicted molar refractivity (Wildman–Crippen MR) is 69.1 cm³/mol. The van der Waals surface area contributed by atoms with Crippen molar-refractivity contribution in [3.8, 4) is 0 Å². The van der Waals surface area contributed by atoms with E-state index >= 15 is 0 Å². The maximum Gasteiger partial charge on any atom is 0.407 e. The molecule has 4 heteroatoms. The molecule has 1 heterocycles. The summed E-state index contributed by atoms with van der Waals surface area (Å²) in [6.45, 7) is 10.8. The van der Waals surface area contributed by atoms with Gasteiger partial charge in [0.1, 0.15) is 5.60 Å². The van der Waals surface area contributed by atoms with Crippen molar-refractivity contribution >= 4 is 6.09 Å². The number of nitrogens with one attached hydrogen (secondary N) is 1. The first-order chi connectivity index (χ1) is 7.92. The Kier molecular flexibility index (Phi) is 5.25. The van der Waals surface area contributed by atoms with Gasteiger partial charge >= 0.3 is 6.09 Å². The average Bonchev–Trinajstić information content (AvgIpc) is 2.60. The van der Waals surface area contributed by atoms with E-state index in [1.165, 1.54) is 19.3 Å². The van der Waals surface area contributed by atoms with Gasteiger partial charge in [-0.25, -0.2) is 4.79 Å². The van der Waals surface area contributed by atoms with Crippen molar-refractivity contribution in [2.75, 3.05) is 19.6 Å². The van der Waals surface area contributed by atoms with E-state index in [-0.39, 0.29) is 6.09 Å². The molecule has 0 aliphatic carbocycles. The number of likely N-dealkylation sites (tertiary alicyclic amines) is 1. The normalized spacial score (nSPS) is 21.5. The summed E-state index contributed by atoms with van der Waals surface area (Å²) < 4.78 is 5.22. The molecule has 0 aromatic carbocycles. The van der Waals surface area contributed by atoms with Crippen LogP contribution in [0.25, 0.3) is 0 Å². The highest BCUT2D eigenvalue weighted by molar-refractivity contribution is 5.67. The van der Waals surface area contributed by atoms with Crippen LogP contribution in [-0.4, -0.2) is 42.3 Å². The van der Waals surface area contributed by atoms with Crippen molar-refractivity contribution in [2.24, 2.45) is 0 Å². The minimum atomic E-state index is -0.414. The topological polar surface area (TPSA) is 41.6 Å². The minimum absolute atomic E-state index is 0.305. The molecule has 0 saturated carbocycles. The van der Waals surface area contributed by atoms with Crippen molar-refractivity contribution in [3.63, 3.8) is 0 Å². The molecule has 1 aliphatic heterocycles. The Bertz CT molecular complexity index is 248. The van der Waals surface area contributed by atoms with Gasteiger partial charge < -0.3 is 10.1 Å². The third kappa shape index (κ3) is 5.39. The van der Waals surface area contributed by atoms with Gasteiger partial charge in [0.15, 0.2) is 0 Å². The highest BCUT2D eigenvalue weighted by Crippen LogP contribution is 2.16. The van der Waals surface area contributed by atoms with Gasteiger partial charge in [-0.15, -0.1) is 0 Å². The van der Waals surface area contributed by atoms with Gasteiger partial charge in [-0.2, -0.15) is 0 Å². The van der Waals surface area contributed by atoms with Crippen LogP contribution in [0.5, 0.6) is 0 Å². The summed E-state index contributed by atoms with van der Waals surface area (Å²) in [4.78, 5) is 14.0. The van der Waals surface area contributed by atoms with Gasteiger partial charge in [-0.3, -0.25) is 4.90 Å². The lowest BCUT2D eigenvalue weighted by Gasteiger charge is -2.25. The molecule has 1 aliphatic rings. The summed E-state index contributed by atoms with van der Waals surface area (Å²) in [6, 6.07) is 0.488. The summed E-state index contributed by atoms with van der Waals surface area (Å²) in [5.41, 5.74) is -0.414. The molecule has 1 amide bonds. The highest BCUT2D eigenvalue weighted by Gasteiger charge is 2.24. The van der Waals surface area contributed by atoms with Crippen LogP contribution in [0.15, 0.2) is 0 Å². The van der Waals surface area contributed by atoms with Crippen molar-refractivity contribution in [3.05, 3.63) is 0 Å². The Balaban J connectivity index is 2.27. The Morgan fingerprint density at radius 3 is 2.76 bits per heavy atom. The van der Waals surface area contributed by atoms with E-state index in [4.69, 9.17) is 4.74 Å². The zero-order chi connectivity index (χ0) is 12.9. The lowest BCUT2D eigenvalue weighted by molar-refractivity contribution is 0.0513. The second kappa shape index (κ2) is 6.24. The van der Waals surface area contributed by atoms with Gasteiger partial charge in [0.2, 0.25) is 0 Å². The maximum absolute atomic E-state index is 11.5. The first-order valence-corrected chi connectivity index (χ1v) is 6.63. The standard InChI is InChI=1S/C13H26N2O2/c1-5-8-15-9-6-7-11(15)10-14-12(16)17-13(2,3)4/h11H,5-10H2,1-4H3,(H,14,16). The number of ether oxygens (including phenoxy) is 1. The van der Waals surface area contributed by atoms with Gasteiger partial charge in [0, 0.05) is 12.6 Å². The molecule has 1 fully saturated rings. The Hall–Kier alpha value is -0.770. The Labute approximate surface area is 105 Å². The smallest absolute Gasteiger partial charge is 0.407 e. The van der Waals surface area contributed by atoms with Crippen molar-refractivity contribution in [2.45, 2.75) is 58.6 Å². The molecule has 1 saturated heterocycles. The predicted octanol–water partition coefficient (Wildman–Crippen LogP) is 2.39. The van der Waals surface area contributed by atoms with Gasteiger partial charge in [-0.1, -0.05) is 6.92 Å². The molecule has 17 heavy (non-hydrogen) atoms. The fraction of sp³-hybridized carbons (Fsp3) is 0.923. The molecule has 0 aromatic rings. The van der Waals surface area contributed by atoms with Crippen LogP contribution in [0.2, 0.25) is 0 Å². The van der Waals surface area contributed by atoms with E-state index in [2.05, 4.69) is 17.1 Å². The van der Waals surface area contributed by atoms with E-state index in [9.17, 15) is 4.79 Å². The van der Waals surface area contributed by atoms with E-state index in [0.29, 0.717) is 12.6 Å². The fourth-order valence-corrected chi connectivity index (χ4v) is 2.22. The lowest BCUT2D eigenvalue weighted by Crippen LogP contribution is -2.42. The van der Waals surface area contributed by atoms with E-state index < -0.39 is 5.60 Å². The SMILES string of the molecule is CCCN1CCCC1CNC(=O)OC(C)(C)C. The van der Waals surface area contributed by atoms with E-state index in [1.807, 2.05) is 20.8 Å². The highest BCUT2D eigenvalue weighted by atomic mass is 16.6. The number of carbonyl (C=O) groups excluding carboxylic acids is 1. The summed E-state index contributed by atoms with van der Waals surface area (Å²) in [7, 11) is 0. The first-order valence-electron chi connectivity index (χ1n) is 6.63. The van der Waals surface area contributed by atoms with Crippen molar-refractivity contribution in [1.82, 2.24) is 10.2 Å². The molecular formula is C13H26N2O2. The number of alkyl carbamates (subject to hydrolysis) is 1. The summed E-state index contributed by atoms with van der Waals surface area (Å²) in [6.07, 6.45) is 3.28. The van der Waals surface area contributed by atoms with Crippen molar-refractivity contribution < 1.29 is 9.53 Å². The van der Waals surface area contributed by atoms with Crippen LogP contribution in [0.1, 0.15) is 47.0 Å². The number of carbonyl (C=O) groups is 1. The zero-order valence-corrected chi connectivity index (χ0v) is 11.6. The molecule has 1 atom stereocenters. The fourth-order valence-electron chi connectivity index (χ4n) is 2.22. The summed E-state index contributed by atoms with van der Waals surface area (Å²) in [5, 5.41) is 2.87. The molecule has 1 N–H and O–H groups in total. The zero-order valence-electron chi connectivity index (χ0n) is 11.6. The summed E-state index contributed by atoms with van der Waals surface area (Å²) >= 11 is 0. The number of nitrogens with zero attached hydrogens (tertiary/aromatic N) is 1. The average molecular weight is 242 g/mol. The second-order valence-electron chi connectivity index (χ2n) is 5.71. The molecule has 100 valence electrons. The van der Waals surface area contributed by atoms with Crippen LogP contribution < -0.4 is 5.32 Å². The largest absolute Gasteiger partial charge is 0.444 e. The molecule has 4 nitrogen and oxygen atoms in total. The van der Waals surface area contributed by atoms with Crippen LogP contribution in [-0.2, 0) is 4.74 Å². The molecule has 0 aromatic heterocycles.